The normalized spacial score (nSPS) is 11.9. The van der Waals surface area contributed by atoms with Crippen molar-refractivity contribution < 1.29 is 0 Å². The number of rotatable bonds is 5. The van der Waals surface area contributed by atoms with E-state index < -0.39 is 0 Å². The van der Waals surface area contributed by atoms with Crippen molar-refractivity contribution in [1.29, 1.82) is 0 Å². The van der Waals surface area contributed by atoms with E-state index in [1.54, 1.807) is 0 Å². The fraction of sp³-hybridized carbons (Fsp3) is 0.0930. The lowest BCUT2D eigenvalue weighted by Crippen LogP contribution is -2.11. The van der Waals surface area contributed by atoms with Crippen LogP contribution in [0, 0.1) is 0 Å². The maximum Gasteiger partial charge on any atom is 0.145 e. The van der Waals surface area contributed by atoms with Crippen LogP contribution in [-0.4, -0.2) is 9.55 Å². The number of fused-ring (bicyclic) bond motifs is 6. The molecule has 0 radical (unpaired) electrons. The molecule has 5 heteroatoms. The number of imidazole rings is 1. The molecule has 8 rings (SSSR count). The number of nitrogens with zero attached hydrogens (tertiary/aromatic N) is 3. The van der Waals surface area contributed by atoms with Crippen LogP contribution >= 0.6 is 31.9 Å². The highest BCUT2D eigenvalue weighted by atomic mass is 79.9. The van der Waals surface area contributed by atoms with E-state index in [1.165, 1.54) is 16.3 Å². The fourth-order valence-electron chi connectivity index (χ4n) is 6.66. The van der Waals surface area contributed by atoms with Crippen LogP contribution in [0.2, 0.25) is 0 Å². The average molecular weight is 752 g/mol. The minimum Gasteiger partial charge on any atom is -0.311 e. The summed E-state index contributed by atoms with van der Waals surface area (Å²) < 4.78 is 4.44. The highest BCUT2D eigenvalue weighted by Crippen LogP contribution is 2.42. The lowest BCUT2D eigenvalue weighted by atomic mass is 9.87. The van der Waals surface area contributed by atoms with Gasteiger partial charge < -0.3 is 4.90 Å². The number of benzene rings is 7. The van der Waals surface area contributed by atoms with Gasteiger partial charge in [0.15, 0.2) is 0 Å². The Morgan fingerprint density at radius 3 is 1.62 bits per heavy atom. The van der Waals surface area contributed by atoms with Gasteiger partial charge in [-0.3, -0.25) is 4.57 Å². The van der Waals surface area contributed by atoms with E-state index in [-0.39, 0.29) is 5.41 Å². The van der Waals surface area contributed by atoms with Crippen LogP contribution in [0.25, 0.3) is 49.7 Å². The van der Waals surface area contributed by atoms with Crippen LogP contribution < -0.4 is 4.90 Å². The Kier molecular flexibility index (Phi) is 7.70. The molecule has 0 saturated heterocycles. The standard InChI is InChI=1S/C43H33Br2N3/c1-43(2,3)29-16-22-35(23-17-29)48-41-37-25-19-31(45)27-39(37)38-26-30(44)18-24-36(38)40(41)46-42(48)28-14-20-34(21-15-28)47(32-10-6-4-7-11-32)33-12-8-5-9-13-33/h4-27H,1-3H3. The zero-order valence-corrected chi connectivity index (χ0v) is 30.1. The van der Waals surface area contributed by atoms with Gasteiger partial charge >= 0.3 is 0 Å². The minimum atomic E-state index is 0.0557. The Morgan fingerprint density at radius 1 is 0.542 bits per heavy atom. The molecule has 0 spiro atoms. The lowest BCUT2D eigenvalue weighted by Gasteiger charge is -2.25. The molecular weight excluding hydrogens is 718 g/mol. The number of hydrogen-bond donors (Lipinski definition) is 0. The molecule has 0 saturated carbocycles. The Hall–Kier alpha value is -4.71. The van der Waals surface area contributed by atoms with Crippen LogP contribution in [0.3, 0.4) is 0 Å². The number of aromatic nitrogens is 2. The third-order valence-electron chi connectivity index (χ3n) is 9.05. The van der Waals surface area contributed by atoms with Crippen LogP contribution in [0.1, 0.15) is 26.3 Å². The Balaban J connectivity index is 1.38. The zero-order chi connectivity index (χ0) is 33.0. The van der Waals surface area contributed by atoms with Crippen molar-refractivity contribution in [3.05, 3.63) is 160 Å². The third kappa shape index (κ3) is 5.41. The Bertz CT molecular complexity index is 2390. The highest BCUT2D eigenvalue weighted by molar-refractivity contribution is 9.10. The zero-order valence-electron chi connectivity index (χ0n) is 27.0. The SMILES string of the molecule is CC(C)(C)c1ccc(-n2c(-c3ccc(N(c4ccccc4)c4ccccc4)cc3)nc3c4ccc(Br)cc4c4cc(Br)ccc4c32)cc1. The van der Waals surface area contributed by atoms with Gasteiger partial charge in [0.05, 0.1) is 11.0 Å². The summed E-state index contributed by atoms with van der Waals surface area (Å²) in [6.07, 6.45) is 0. The molecule has 0 unspecified atom stereocenters. The van der Waals surface area contributed by atoms with Crippen molar-refractivity contribution in [2.24, 2.45) is 0 Å². The largest absolute Gasteiger partial charge is 0.311 e. The van der Waals surface area contributed by atoms with Gasteiger partial charge in [-0.05, 0) is 107 Å². The maximum absolute atomic E-state index is 5.47. The van der Waals surface area contributed by atoms with E-state index in [0.717, 1.165) is 64.9 Å². The van der Waals surface area contributed by atoms with E-state index in [0.29, 0.717) is 0 Å². The molecule has 0 atom stereocenters. The van der Waals surface area contributed by atoms with Gasteiger partial charge in [-0.1, -0.05) is 113 Å². The van der Waals surface area contributed by atoms with Gasteiger partial charge in [-0.25, -0.2) is 4.98 Å². The maximum atomic E-state index is 5.47. The molecule has 0 aliphatic carbocycles. The second-order valence-corrected chi connectivity index (χ2v) is 15.0. The van der Waals surface area contributed by atoms with Crippen LogP contribution in [0.15, 0.2) is 155 Å². The second kappa shape index (κ2) is 12.1. The van der Waals surface area contributed by atoms with Crippen LogP contribution in [0.4, 0.5) is 17.1 Å². The molecule has 1 heterocycles. The van der Waals surface area contributed by atoms with Gasteiger partial charge in [-0.15, -0.1) is 0 Å². The van der Waals surface area contributed by atoms with Crippen LogP contribution in [-0.2, 0) is 5.41 Å². The first-order valence-corrected chi connectivity index (χ1v) is 17.7. The summed E-state index contributed by atoms with van der Waals surface area (Å²) in [5.41, 5.74) is 8.88. The van der Waals surface area contributed by atoms with E-state index in [9.17, 15) is 0 Å². The predicted octanol–water partition coefficient (Wildman–Crippen LogP) is 13.3. The van der Waals surface area contributed by atoms with Crippen LogP contribution in [0.5, 0.6) is 0 Å². The lowest BCUT2D eigenvalue weighted by molar-refractivity contribution is 0.590. The Labute approximate surface area is 297 Å². The topological polar surface area (TPSA) is 21.1 Å². The molecule has 0 aliphatic rings. The van der Waals surface area contributed by atoms with Crippen molar-refractivity contribution in [2.75, 3.05) is 4.90 Å². The molecule has 234 valence electrons. The Morgan fingerprint density at radius 2 is 1.06 bits per heavy atom. The van der Waals surface area contributed by atoms with Crippen molar-refractivity contribution >= 4 is 81.5 Å². The molecule has 0 amide bonds. The number of anilines is 3. The molecule has 0 aliphatic heterocycles. The highest BCUT2D eigenvalue weighted by Gasteiger charge is 2.22. The third-order valence-corrected chi connectivity index (χ3v) is 10.0. The molecule has 8 aromatic rings. The van der Waals surface area contributed by atoms with Gasteiger partial charge in [0.25, 0.3) is 0 Å². The summed E-state index contributed by atoms with van der Waals surface area (Å²) in [7, 11) is 0. The number of halogens is 2. The van der Waals surface area contributed by atoms with E-state index in [4.69, 9.17) is 4.98 Å². The van der Waals surface area contributed by atoms with Gasteiger partial charge in [0.1, 0.15) is 5.82 Å². The summed E-state index contributed by atoms with van der Waals surface area (Å²) in [6, 6.07) is 51.9. The van der Waals surface area contributed by atoms with Gasteiger partial charge in [-0.2, -0.15) is 0 Å². The van der Waals surface area contributed by atoms with E-state index in [1.807, 2.05) is 0 Å². The second-order valence-electron chi connectivity index (χ2n) is 13.2. The first kappa shape index (κ1) is 30.6. The van der Waals surface area contributed by atoms with Crippen molar-refractivity contribution in [3.63, 3.8) is 0 Å². The molecule has 1 aromatic heterocycles. The number of para-hydroxylation sites is 2. The summed E-state index contributed by atoms with van der Waals surface area (Å²) in [5.74, 6) is 0.908. The summed E-state index contributed by atoms with van der Waals surface area (Å²) in [4.78, 5) is 7.76. The van der Waals surface area contributed by atoms with E-state index in [2.05, 4.69) is 208 Å². The molecule has 3 nitrogen and oxygen atoms in total. The monoisotopic (exact) mass is 749 g/mol. The molecule has 0 N–H and O–H groups in total. The van der Waals surface area contributed by atoms with Crippen molar-refractivity contribution in [2.45, 2.75) is 26.2 Å². The minimum absolute atomic E-state index is 0.0557. The molecular formula is C43H33Br2N3. The first-order chi connectivity index (χ1) is 23.3. The van der Waals surface area contributed by atoms with Gasteiger partial charge in [0.2, 0.25) is 0 Å². The molecule has 48 heavy (non-hydrogen) atoms. The molecule has 0 fully saturated rings. The summed E-state index contributed by atoms with van der Waals surface area (Å²) >= 11 is 7.47. The quantitative estimate of drug-likeness (QED) is 0.163. The predicted molar refractivity (Wildman–Crippen MR) is 210 cm³/mol. The average Bonchev–Trinajstić information content (AvgIpc) is 3.50. The summed E-state index contributed by atoms with van der Waals surface area (Å²) in [5, 5.41) is 4.64. The first-order valence-electron chi connectivity index (χ1n) is 16.1. The van der Waals surface area contributed by atoms with E-state index >= 15 is 0 Å². The van der Waals surface area contributed by atoms with Crippen molar-refractivity contribution in [1.82, 2.24) is 9.55 Å². The number of hydrogen-bond acceptors (Lipinski definition) is 2. The smallest absolute Gasteiger partial charge is 0.145 e. The summed E-state index contributed by atoms with van der Waals surface area (Å²) in [6.45, 7) is 6.77. The van der Waals surface area contributed by atoms with Crippen molar-refractivity contribution in [3.8, 4) is 17.1 Å². The molecule has 7 aromatic carbocycles. The molecule has 0 bridgehead atoms. The van der Waals surface area contributed by atoms with Gasteiger partial charge in [0, 0.05) is 48.0 Å². The fourth-order valence-corrected chi connectivity index (χ4v) is 7.39.